The smallest absolute Gasteiger partial charge is 0.306 e. The van der Waals surface area contributed by atoms with Gasteiger partial charge in [0.25, 0.3) is 0 Å². The fourth-order valence-electron chi connectivity index (χ4n) is 5.43. The van der Waals surface area contributed by atoms with E-state index in [0.29, 0.717) is 12.8 Å². The number of esters is 2. The molecule has 0 saturated carbocycles. The van der Waals surface area contributed by atoms with Gasteiger partial charge < -0.3 is 14.6 Å². The Morgan fingerprint density at radius 2 is 0.786 bits per heavy atom. The number of allylic oxidation sites excluding steroid dienone is 20. The van der Waals surface area contributed by atoms with Crippen molar-refractivity contribution in [2.75, 3.05) is 13.2 Å². The van der Waals surface area contributed by atoms with E-state index in [0.717, 1.165) is 89.9 Å². The Labute approximate surface area is 343 Å². The van der Waals surface area contributed by atoms with Gasteiger partial charge in [-0.1, -0.05) is 174 Å². The maximum absolute atomic E-state index is 12.2. The molecular weight excluding hydrogens is 693 g/mol. The molecule has 0 heterocycles. The fourth-order valence-corrected chi connectivity index (χ4v) is 5.43. The molecule has 56 heavy (non-hydrogen) atoms. The second-order valence-electron chi connectivity index (χ2n) is 14.0. The predicted octanol–water partition coefficient (Wildman–Crippen LogP) is 14.4. The first-order chi connectivity index (χ1) is 27.6. The van der Waals surface area contributed by atoms with Crippen molar-refractivity contribution in [1.82, 2.24) is 0 Å². The third-order valence-corrected chi connectivity index (χ3v) is 8.74. The van der Waals surface area contributed by atoms with Crippen LogP contribution in [-0.4, -0.2) is 36.4 Å². The third-order valence-electron chi connectivity index (χ3n) is 8.74. The number of aliphatic hydroxyl groups excluding tert-OH is 1. The number of hydrogen-bond donors (Lipinski definition) is 1. The molecule has 1 N–H and O–H groups in total. The number of hydrogen-bond acceptors (Lipinski definition) is 5. The van der Waals surface area contributed by atoms with Gasteiger partial charge in [-0.05, 0) is 103 Å². The number of unbranched alkanes of at least 4 members (excludes halogenated alkanes) is 10. The van der Waals surface area contributed by atoms with Crippen LogP contribution in [0.15, 0.2) is 122 Å². The molecule has 0 amide bonds. The second-order valence-corrected chi connectivity index (χ2v) is 14.0. The van der Waals surface area contributed by atoms with Crippen molar-refractivity contribution < 1.29 is 24.2 Å². The highest BCUT2D eigenvalue weighted by atomic mass is 16.6. The van der Waals surface area contributed by atoms with Gasteiger partial charge in [-0.25, -0.2) is 0 Å². The van der Waals surface area contributed by atoms with Crippen LogP contribution >= 0.6 is 0 Å². The predicted molar refractivity (Wildman–Crippen MR) is 241 cm³/mol. The lowest BCUT2D eigenvalue weighted by Gasteiger charge is -2.15. The van der Waals surface area contributed by atoms with Gasteiger partial charge in [0.1, 0.15) is 6.61 Å². The van der Waals surface area contributed by atoms with Gasteiger partial charge >= 0.3 is 11.9 Å². The Balaban J connectivity index is 3.73. The monoisotopic (exact) mass is 773 g/mol. The lowest BCUT2D eigenvalue weighted by molar-refractivity contribution is -0.161. The molecule has 0 radical (unpaired) electrons. The van der Waals surface area contributed by atoms with Crippen molar-refractivity contribution in [3.8, 4) is 0 Å². The zero-order valence-corrected chi connectivity index (χ0v) is 35.6. The number of carbonyl (C=O) groups is 2. The minimum absolute atomic E-state index is 0.105. The molecule has 5 heteroatoms. The first-order valence-electron chi connectivity index (χ1n) is 22.1. The lowest BCUT2D eigenvalue weighted by atomic mass is 10.1. The van der Waals surface area contributed by atoms with Crippen molar-refractivity contribution >= 4 is 11.9 Å². The summed E-state index contributed by atoms with van der Waals surface area (Å²) in [6.07, 6.45) is 66.9. The summed E-state index contributed by atoms with van der Waals surface area (Å²) in [5.41, 5.74) is 0. The molecule has 0 bridgehead atoms. The number of rotatable bonds is 38. The Morgan fingerprint density at radius 3 is 1.21 bits per heavy atom. The highest BCUT2D eigenvalue weighted by molar-refractivity contribution is 5.70. The molecule has 0 rings (SSSR count). The molecule has 5 nitrogen and oxygen atoms in total. The van der Waals surface area contributed by atoms with Gasteiger partial charge in [0.2, 0.25) is 0 Å². The van der Waals surface area contributed by atoms with Crippen molar-refractivity contribution in [2.24, 2.45) is 0 Å². The third kappa shape index (κ3) is 43.0. The molecule has 0 aliphatic rings. The zero-order chi connectivity index (χ0) is 40.7. The minimum Gasteiger partial charge on any atom is -0.462 e. The molecule has 0 saturated heterocycles. The van der Waals surface area contributed by atoms with Crippen molar-refractivity contribution in [3.63, 3.8) is 0 Å². The van der Waals surface area contributed by atoms with Gasteiger partial charge in [0, 0.05) is 12.8 Å². The molecule has 1 atom stereocenters. The first kappa shape index (κ1) is 52.3. The molecule has 0 spiro atoms. The van der Waals surface area contributed by atoms with E-state index in [4.69, 9.17) is 9.47 Å². The van der Waals surface area contributed by atoms with Crippen molar-refractivity contribution in [3.05, 3.63) is 122 Å². The fraction of sp³-hybridized carbons (Fsp3) is 0.569. The average molecular weight is 773 g/mol. The molecule has 0 aromatic rings. The van der Waals surface area contributed by atoms with Crippen LogP contribution in [0.1, 0.15) is 168 Å². The van der Waals surface area contributed by atoms with Crippen molar-refractivity contribution in [1.29, 1.82) is 0 Å². The maximum atomic E-state index is 12.2. The number of aliphatic hydroxyl groups is 1. The quantitative estimate of drug-likeness (QED) is 0.0384. The van der Waals surface area contributed by atoms with Gasteiger partial charge in [0.15, 0.2) is 6.10 Å². The topological polar surface area (TPSA) is 72.8 Å². The summed E-state index contributed by atoms with van der Waals surface area (Å²) < 4.78 is 10.6. The van der Waals surface area contributed by atoms with E-state index >= 15 is 0 Å². The lowest BCUT2D eigenvalue weighted by Crippen LogP contribution is -2.28. The molecular formula is C51H80O5. The Morgan fingerprint density at radius 1 is 0.429 bits per heavy atom. The zero-order valence-electron chi connectivity index (χ0n) is 35.6. The van der Waals surface area contributed by atoms with E-state index in [1.165, 1.54) is 44.9 Å². The van der Waals surface area contributed by atoms with Crippen LogP contribution < -0.4 is 0 Å². The highest BCUT2D eigenvalue weighted by Gasteiger charge is 2.15. The second kappa shape index (κ2) is 45.7. The van der Waals surface area contributed by atoms with E-state index in [1.54, 1.807) is 0 Å². The summed E-state index contributed by atoms with van der Waals surface area (Å²) in [7, 11) is 0. The summed E-state index contributed by atoms with van der Waals surface area (Å²) in [4.78, 5) is 24.3. The molecule has 0 aromatic carbocycles. The van der Waals surface area contributed by atoms with Crippen LogP contribution in [0.4, 0.5) is 0 Å². The maximum Gasteiger partial charge on any atom is 0.306 e. The first-order valence-corrected chi connectivity index (χ1v) is 22.1. The van der Waals surface area contributed by atoms with Crippen LogP contribution in [0.5, 0.6) is 0 Å². The minimum atomic E-state index is -0.817. The number of ether oxygens (including phenoxy) is 2. The van der Waals surface area contributed by atoms with Gasteiger partial charge in [-0.2, -0.15) is 0 Å². The Kier molecular flexibility index (Phi) is 42.7. The molecule has 0 aromatic heterocycles. The average Bonchev–Trinajstić information content (AvgIpc) is 3.20. The summed E-state index contributed by atoms with van der Waals surface area (Å²) in [5, 5.41) is 9.58. The molecule has 0 aliphatic heterocycles. The molecule has 0 fully saturated rings. The Bertz CT molecular complexity index is 1190. The normalized spacial score (nSPS) is 13.4. The summed E-state index contributed by atoms with van der Waals surface area (Å²) in [6, 6.07) is 0. The van der Waals surface area contributed by atoms with E-state index < -0.39 is 6.10 Å². The summed E-state index contributed by atoms with van der Waals surface area (Å²) >= 11 is 0. The van der Waals surface area contributed by atoms with Gasteiger partial charge in [-0.15, -0.1) is 0 Å². The van der Waals surface area contributed by atoms with Crippen LogP contribution in [0.2, 0.25) is 0 Å². The Hall–Kier alpha value is -3.70. The van der Waals surface area contributed by atoms with Crippen molar-refractivity contribution in [2.45, 2.75) is 174 Å². The summed E-state index contributed by atoms with van der Waals surface area (Å²) in [6.45, 7) is 3.92. The van der Waals surface area contributed by atoms with Gasteiger partial charge in [0.05, 0.1) is 6.61 Å². The largest absolute Gasteiger partial charge is 0.462 e. The SMILES string of the molecule is CC/C=C\C/C=C\C/C=C\C/C=C\C/C=C\C/C=C\C/C=C\CCCC(=O)OC(CO)COC(=O)CCCCCCCC/C=C\C/C=C\C/C=C\CCCCC. The van der Waals surface area contributed by atoms with Crippen LogP contribution in [-0.2, 0) is 19.1 Å². The van der Waals surface area contributed by atoms with E-state index in [1.807, 2.05) is 0 Å². The van der Waals surface area contributed by atoms with Crippen LogP contribution in [0.3, 0.4) is 0 Å². The van der Waals surface area contributed by atoms with E-state index in [-0.39, 0.29) is 31.6 Å². The van der Waals surface area contributed by atoms with E-state index in [2.05, 4.69) is 135 Å². The van der Waals surface area contributed by atoms with E-state index in [9.17, 15) is 14.7 Å². The van der Waals surface area contributed by atoms with Crippen LogP contribution in [0, 0.1) is 0 Å². The highest BCUT2D eigenvalue weighted by Crippen LogP contribution is 2.11. The molecule has 314 valence electrons. The van der Waals surface area contributed by atoms with Gasteiger partial charge in [-0.3, -0.25) is 9.59 Å². The standard InChI is InChI=1S/C51H80O5/c1-3-5-7-9-11-13-15-17-19-21-23-24-25-26-28-30-32-34-36-38-40-42-44-46-51(54)56-49(47-52)48-55-50(53)45-43-41-39-37-35-33-31-29-27-22-20-18-16-14-12-10-8-6-4-2/h5,7,11-14,17-20,23-24,26-29,32,34,38,40,49,52H,3-4,6,8-10,15-16,21-22,25,30-31,33,35-37,39,41-48H2,1-2H3/b7-5-,13-11-,14-12-,19-17-,20-18-,24-23-,28-26-,29-27-,34-32-,40-38-. The van der Waals surface area contributed by atoms with Crippen LogP contribution in [0.25, 0.3) is 0 Å². The summed E-state index contributed by atoms with van der Waals surface area (Å²) in [5.74, 6) is -0.687. The number of carbonyl (C=O) groups excluding carboxylic acids is 2. The molecule has 0 aliphatic carbocycles. The molecule has 1 unspecified atom stereocenters.